The second-order valence-electron chi connectivity index (χ2n) is 4.14. The van der Waals surface area contributed by atoms with Gasteiger partial charge in [0.15, 0.2) is 0 Å². The third kappa shape index (κ3) is 2.90. The van der Waals surface area contributed by atoms with Crippen LogP contribution in [0.25, 0.3) is 10.2 Å². The number of anilines is 1. The Hall–Kier alpha value is -2.73. The van der Waals surface area contributed by atoms with Crippen LogP contribution in [-0.4, -0.2) is 15.9 Å². The summed E-state index contributed by atoms with van der Waals surface area (Å²) in [6.07, 6.45) is 2.68. The van der Waals surface area contributed by atoms with Gasteiger partial charge in [0.05, 0.1) is 5.52 Å². The summed E-state index contributed by atoms with van der Waals surface area (Å²) in [5.41, 5.74) is 1.48. The van der Waals surface area contributed by atoms with Crippen LogP contribution in [0.3, 0.4) is 0 Å². The quantitative estimate of drug-likeness (QED) is 0.747. The number of carbonyl (C=O) groups excluding carboxylic acids is 1. The van der Waals surface area contributed by atoms with E-state index in [1.165, 1.54) is 23.7 Å². The van der Waals surface area contributed by atoms with Gasteiger partial charge in [-0.3, -0.25) is 4.79 Å². The number of hydrogen-bond donors (Lipinski definition) is 1. The highest BCUT2D eigenvalue weighted by Crippen LogP contribution is 2.31. The molecule has 0 aliphatic carbocycles. The van der Waals surface area contributed by atoms with E-state index in [4.69, 9.17) is 4.74 Å². The van der Waals surface area contributed by atoms with Crippen LogP contribution in [0.4, 0.5) is 5.69 Å². The Kier molecular flexibility index (Phi) is 3.61. The van der Waals surface area contributed by atoms with E-state index >= 15 is 0 Å². The normalized spacial score (nSPS) is 10.3. The van der Waals surface area contributed by atoms with Gasteiger partial charge in [-0.1, -0.05) is 12.6 Å². The van der Waals surface area contributed by atoms with Crippen molar-refractivity contribution in [3.63, 3.8) is 0 Å². The molecule has 1 aromatic carbocycles. The van der Waals surface area contributed by atoms with Crippen molar-refractivity contribution in [1.82, 2.24) is 9.97 Å². The monoisotopic (exact) mass is 297 g/mol. The SMILES string of the molecule is C=CC(=O)Nc1cccc(Oc2ncnc3ccsc23)c1. The summed E-state index contributed by atoms with van der Waals surface area (Å²) < 4.78 is 6.68. The molecule has 2 aromatic heterocycles. The highest BCUT2D eigenvalue weighted by molar-refractivity contribution is 7.17. The number of nitrogens with one attached hydrogen (secondary N) is 1. The Labute approximate surface area is 124 Å². The third-order valence-electron chi connectivity index (χ3n) is 2.71. The molecule has 0 bridgehead atoms. The van der Waals surface area contributed by atoms with Gasteiger partial charge in [0.25, 0.3) is 0 Å². The summed E-state index contributed by atoms with van der Waals surface area (Å²) in [6.45, 7) is 3.42. The van der Waals surface area contributed by atoms with Gasteiger partial charge in [0.1, 0.15) is 16.8 Å². The molecule has 0 atom stereocenters. The number of rotatable bonds is 4. The minimum atomic E-state index is -0.269. The fourth-order valence-electron chi connectivity index (χ4n) is 1.78. The molecule has 0 saturated carbocycles. The summed E-state index contributed by atoms with van der Waals surface area (Å²) in [7, 11) is 0. The van der Waals surface area contributed by atoms with Gasteiger partial charge in [-0.25, -0.2) is 9.97 Å². The number of carbonyl (C=O) groups is 1. The summed E-state index contributed by atoms with van der Waals surface area (Å²) in [4.78, 5) is 19.6. The molecule has 0 radical (unpaired) electrons. The molecule has 5 nitrogen and oxygen atoms in total. The number of nitrogens with zero attached hydrogens (tertiary/aromatic N) is 2. The molecule has 0 fully saturated rings. The van der Waals surface area contributed by atoms with E-state index in [0.29, 0.717) is 17.3 Å². The molecule has 1 N–H and O–H groups in total. The number of amides is 1. The maximum atomic E-state index is 11.3. The number of fused-ring (bicyclic) bond motifs is 1. The minimum absolute atomic E-state index is 0.269. The van der Waals surface area contributed by atoms with Crippen molar-refractivity contribution in [2.75, 3.05) is 5.32 Å². The molecule has 3 rings (SSSR count). The first-order valence-electron chi connectivity index (χ1n) is 6.16. The lowest BCUT2D eigenvalue weighted by atomic mass is 10.3. The standard InChI is InChI=1S/C15H11N3O2S/c1-2-13(19)18-10-4-3-5-11(8-10)20-15-14-12(6-7-21-14)16-9-17-15/h2-9H,1H2,(H,18,19). The maximum absolute atomic E-state index is 11.3. The van der Waals surface area contributed by atoms with Gasteiger partial charge in [-0.05, 0) is 29.7 Å². The van der Waals surface area contributed by atoms with Gasteiger partial charge in [0, 0.05) is 11.8 Å². The fraction of sp³-hybridized carbons (Fsp3) is 0. The zero-order chi connectivity index (χ0) is 14.7. The van der Waals surface area contributed by atoms with Crippen molar-refractivity contribution in [3.05, 3.63) is 54.7 Å². The predicted molar refractivity (Wildman–Crippen MR) is 82.8 cm³/mol. The Morgan fingerprint density at radius 3 is 3.10 bits per heavy atom. The lowest BCUT2D eigenvalue weighted by Crippen LogP contribution is -2.06. The average molecular weight is 297 g/mol. The zero-order valence-electron chi connectivity index (χ0n) is 10.9. The molecule has 0 saturated heterocycles. The van der Waals surface area contributed by atoms with Crippen molar-refractivity contribution >= 4 is 33.1 Å². The van der Waals surface area contributed by atoms with Gasteiger partial charge in [-0.15, -0.1) is 11.3 Å². The molecule has 2 heterocycles. The number of hydrogen-bond acceptors (Lipinski definition) is 5. The van der Waals surface area contributed by atoms with Gasteiger partial charge < -0.3 is 10.1 Å². The van der Waals surface area contributed by atoms with Crippen LogP contribution in [0.2, 0.25) is 0 Å². The van der Waals surface area contributed by atoms with Crippen molar-refractivity contribution < 1.29 is 9.53 Å². The second kappa shape index (κ2) is 5.72. The Balaban J connectivity index is 1.88. The molecular formula is C15H11N3O2S. The van der Waals surface area contributed by atoms with Crippen LogP contribution >= 0.6 is 11.3 Å². The lowest BCUT2D eigenvalue weighted by Gasteiger charge is -2.07. The molecule has 104 valence electrons. The maximum Gasteiger partial charge on any atom is 0.247 e. The van der Waals surface area contributed by atoms with Gasteiger partial charge in [0.2, 0.25) is 11.8 Å². The predicted octanol–water partition coefficient (Wildman–Crippen LogP) is 3.61. The van der Waals surface area contributed by atoms with Crippen LogP contribution in [-0.2, 0) is 4.79 Å². The Morgan fingerprint density at radius 2 is 2.24 bits per heavy atom. The molecule has 0 aliphatic heterocycles. The molecule has 3 aromatic rings. The van der Waals surface area contributed by atoms with Crippen LogP contribution in [0.1, 0.15) is 0 Å². The van der Waals surface area contributed by atoms with E-state index < -0.39 is 0 Å². The number of thiophene rings is 1. The van der Waals surface area contributed by atoms with E-state index in [1.807, 2.05) is 11.4 Å². The van der Waals surface area contributed by atoms with Crippen LogP contribution < -0.4 is 10.1 Å². The van der Waals surface area contributed by atoms with E-state index in [2.05, 4.69) is 21.9 Å². The first kappa shape index (κ1) is 13.3. The average Bonchev–Trinajstić information content (AvgIpc) is 2.97. The number of ether oxygens (including phenoxy) is 1. The first-order valence-corrected chi connectivity index (χ1v) is 7.04. The summed E-state index contributed by atoms with van der Waals surface area (Å²) in [6, 6.07) is 9.00. The van der Waals surface area contributed by atoms with Crippen LogP contribution in [0.15, 0.2) is 54.7 Å². The molecular weight excluding hydrogens is 286 g/mol. The minimum Gasteiger partial charge on any atom is -0.437 e. The fourth-order valence-corrected chi connectivity index (χ4v) is 2.55. The van der Waals surface area contributed by atoms with E-state index in [0.717, 1.165) is 10.2 Å². The van der Waals surface area contributed by atoms with Gasteiger partial charge >= 0.3 is 0 Å². The third-order valence-corrected chi connectivity index (χ3v) is 3.60. The Bertz CT molecular complexity index is 813. The van der Waals surface area contributed by atoms with Crippen molar-refractivity contribution in [2.24, 2.45) is 0 Å². The topological polar surface area (TPSA) is 64.1 Å². The van der Waals surface area contributed by atoms with E-state index in [-0.39, 0.29) is 5.91 Å². The molecule has 0 spiro atoms. The van der Waals surface area contributed by atoms with Crippen LogP contribution in [0.5, 0.6) is 11.6 Å². The first-order chi connectivity index (χ1) is 10.3. The van der Waals surface area contributed by atoms with E-state index in [9.17, 15) is 4.79 Å². The molecule has 6 heteroatoms. The number of benzene rings is 1. The smallest absolute Gasteiger partial charge is 0.247 e. The summed E-state index contributed by atoms with van der Waals surface area (Å²) in [5.74, 6) is 0.822. The number of aromatic nitrogens is 2. The highest BCUT2D eigenvalue weighted by Gasteiger charge is 2.08. The molecule has 1 amide bonds. The second-order valence-corrected chi connectivity index (χ2v) is 5.05. The largest absolute Gasteiger partial charge is 0.437 e. The van der Waals surface area contributed by atoms with Crippen molar-refractivity contribution in [2.45, 2.75) is 0 Å². The Morgan fingerprint density at radius 1 is 1.33 bits per heavy atom. The van der Waals surface area contributed by atoms with Crippen LogP contribution in [0, 0.1) is 0 Å². The molecule has 0 aliphatic rings. The summed E-state index contributed by atoms with van der Waals surface area (Å²) in [5, 5.41) is 4.62. The van der Waals surface area contributed by atoms with Gasteiger partial charge in [-0.2, -0.15) is 0 Å². The van der Waals surface area contributed by atoms with E-state index in [1.54, 1.807) is 24.3 Å². The summed E-state index contributed by atoms with van der Waals surface area (Å²) >= 11 is 1.52. The van der Waals surface area contributed by atoms with Crippen molar-refractivity contribution in [3.8, 4) is 11.6 Å². The lowest BCUT2D eigenvalue weighted by molar-refractivity contribution is -0.111. The zero-order valence-corrected chi connectivity index (χ0v) is 11.8. The molecule has 0 unspecified atom stereocenters. The van der Waals surface area contributed by atoms with Crippen molar-refractivity contribution in [1.29, 1.82) is 0 Å². The molecule has 21 heavy (non-hydrogen) atoms. The highest BCUT2D eigenvalue weighted by atomic mass is 32.1.